The fraction of sp³-hybridized carbons (Fsp3) is 0. The Balaban J connectivity index is 2.06. The van der Waals surface area contributed by atoms with Crippen LogP contribution in [0.4, 0.5) is 4.39 Å². The highest BCUT2D eigenvalue weighted by molar-refractivity contribution is 9.10. The molecule has 2 rings (SSSR count). The van der Waals surface area contributed by atoms with Gasteiger partial charge in [0.1, 0.15) is 5.82 Å². The van der Waals surface area contributed by atoms with E-state index in [4.69, 9.17) is 0 Å². The lowest BCUT2D eigenvalue weighted by molar-refractivity contribution is 0.0951. The maximum absolute atomic E-state index is 13.3. The summed E-state index contributed by atoms with van der Waals surface area (Å²) in [6.07, 6.45) is 1.49. The minimum atomic E-state index is -0.582. The molecule has 0 bridgehead atoms. The van der Waals surface area contributed by atoms with Gasteiger partial charge in [-0.25, -0.2) is 9.82 Å². The first kappa shape index (κ1) is 13.4. The van der Waals surface area contributed by atoms with Crippen LogP contribution in [0.1, 0.15) is 15.9 Å². The van der Waals surface area contributed by atoms with Crippen molar-refractivity contribution in [1.29, 1.82) is 0 Å². The molecule has 0 aromatic heterocycles. The first-order valence-electron chi connectivity index (χ1n) is 5.51. The molecule has 2 aromatic rings. The number of hydrazone groups is 1. The molecule has 0 heterocycles. The summed E-state index contributed by atoms with van der Waals surface area (Å²) in [6.45, 7) is 0. The maximum Gasteiger partial charge on any atom is 0.274 e. The van der Waals surface area contributed by atoms with Gasteiger partial charge in [-0.2, -0.15) is 5.10 Å². The Morgan fingerprint density at radius 2 is 1.84 bits per heavy atom. The molecule has 19 heavy (non-hydrogen) atoms. The van der Waals surface area contributed by atoms with E-state index in [-0.39, 0.29) is 5.56 Å². The predicted molar refractivity (Wildman–Crippen MR) is 75.6 cm³/mol. The molecule has 0 atom stereocenters. The van der Waals surface area contributed by atoms with E-state index >= 15 is 0 Å². The van der Waals surface area contributed by atoms with Crippen LogP contribution in [0.2, 0.25) is 0 Å². The van der Waals surface area contributed by atoms with Crippen molar-refractivity contribution in [2.45, 2.75) is 0 Å². The third kappa shape index (κ3) is 3.48. The van der Waals surface area contributed by atoms with Crippen LogP contribution in [0.25, 0.3) is 0 Å². The largest absolute Gasteiger partial charge is 0.274 e. The third-order valence-corrected chi connectivity index (χ3v) is 3.12. The summed E-state index contributed by atoms with van der Waals surface area (Å²) in [5.41, 5.74) is 3.07. The molecule has 0 aliphatic heterocycles. The van der Waals surface area contributed by atoms with Crippen molar-refractivity contribution in [1.82, 2.24) is 5.43 Å². The molecule has 1 N–H and O–H groups in total. The van der Waals surface area contributed by atoms with Gasteiger partial charge in [0, 0.05) is 10.0 Å². The predicted octanol–water partition coefficient (Wildman–Crippen LogP) is 3.35. The van der Waals surface area contributed by atoms with Gasteiger partial charge in [-0.3, -0.25) is 4.79 Å². The van der Waals surface area contributed by atoms with Crippen molar-refractivity contribution in [2.24, 2.45) is 5.10 Å². The van der Waals surface area contributed by atoms with E-state index in [9.17, 15) is 9.18 Å². The summed E-state index contributed by atoms with van der Waals surface area (Å²) in [5.74, 6) is -1.16. The first-order valence-corrected chi connectivity index (χ1v) is 6.30. The van der Waals surface area contributed by atoms with E-state index in [1.807, 2.05) is 24.3 Å². The van der Waals surface area contributed by atoms with Crippen LogP contribution in [0.5, 0.6) is 0 Å². The van der Waals surface area contributed by atoms with E-state index in [0.717, 1.165) is 10.0 Å². The molecule has 0 aliphatic carbocycles. The lowest BCUT2D eigenvalue weighted by atomic mass is 10.2. The van der Waals surface area contributed by atoms with Crippen molar-refractivity contribution in [3.05, 3.63) is 69.9 Å². The Kier molecular flexibility index (Phi) is 4.41. The monoisotopic (exact) mass is 320 g/mol. The molecule has 3 nitrogen and oxygen atoms in total. The number of nitrogens with zero attached hydrogens (tertiary/aromatic N) is 1. The van der Waals surface area contributed by atoms with E-state index in [2.05, 4.69) is 26.5 Å². The molecule has 0 aliphatic rings. The SMILES string of the molecule is O=C(N/N=C\c1ccccc1Br)c1ccccc1F. The second kappa shape index (κ2) is 6.24. The molecule has 0 radical (unpaired) electrons. The third-order valence-electron chi connectivity index (χ3n) is 2.39. The van der Waals surface area contributed by atoms with Crippen molar-refractivity contribution in [3.8, 4) is 0 Å². The van der Waals surface area contributed by atoms with Gasteiger partial charge in [-0.15, -0.1) is 0 Å². The van der Waals surface area contributed by atoms with Crippen LogP contribution >= 0.6 is 15.9 Å². The lowest BCUT2D eigenvalue weighted by Gasteiger charge is -2.01. The van der Waals surface area contributed by atoms with Crippen LogP contribution in [0.3, 0.4) is 0 Å². The number of hydrogen-bond donors (Lipinski definition) is 1. The fourth-order valence-corrected chi connectivity index (χ4v) is 1.83. The summed E-state index contributed by atoms with van der Waals surface area (Å²) < 4.78 is 14.2. The Hall–Kier alpha value is -2.01. The van der Waals surface area contributed by atoms with Crippen molar-refractivity contribution < 1.29 is 9.18 Å². The standard InChI is InChI=1S/C14H10BrFN2O/c15-12-7-3-1-5-10(12)9-17-18-14(19)11-6-2-4-8-13(11)16/h1-9H,(H,18,19)/b17-9-. The Labute approximate surface area is 118 Å². The molecule has 1 amide bonds. The summed E-state index contributed by atoms with van der Waals surface area (Å²) in [5, 5.41) is 3.80. The Bertz CT molecular complexity index is 628. The average molecular weight is 321 g/mol. The molecule has 0 fully saturated rings. The molecule has 5 heteroatoms. The molecule has 0 unspecified atom stereocenters. The minimum Gasteiger partial charge on any atom is -0.267 e. The maximum atomic E-state index is 13.3. The second-order valence-corrected chi connectivity index (χ2v) is 4.55. The Morgan fingerprint density at radius 3 is 2.58 bits per heavy atom. The zero-order valence-corrected chi connectivity index (χ0v) is 11.4. The fourth-order valence-electron chi connectivity index (χ4n) is 1.45. The van der Waals surface area contributed by atoms with Gasteiger partial charge < -0.3 is 0 Å². The zero-order valence-electron chi connectivity index (χ0n) is 9.81. The summed E-state index contributed by atoms with van der Waals surface area (Å²) in [6, 6.07) is 13.2. The zero-order chi connectivity index (χ0) is 13.7. The molecule has 0 spiro atoms. The van der Waals surface area contributed by atoms with Gasteiger partial charge in [-0.1, -0.05) is 46.3 Å². The number of amides is 1. The topological polar surface area (TPSA) is 41.5 Å². The van der Waals surface area contributed by atoms with Gasteiger partial charge in [0.05, 0.1) is 11.8 Å². The first-order chi connectivity index (χ1) is 9.18. The highest BCUT2D eigenvalue weighted by Gasteiger charge is 2.09. The molecular formula is C14H10BrFN2O. The average Bonchev–Trinajstić information content (AvgIpc) is 2.41. The van der Waals surface area contributed by atoms with Gasteiger partial charge in [-0.05, 0) is 18.2 Å². The van der Waals surface area contributed by atoms with Gasteiger partial charge in [0.2, 0.25) is 0 Å². The van der Waals surface area contributed by atoms with Crippen LogP contribution in [0, 0.1) is 5.82 Å². The van der Waals surface area contributed by atoms with Gasteiger partial charge >= 0.3 is 0 Å². The van der Waals surface area contributed by atoms with Gasteiger partial charge in [0.25, 0.3) is 5.91 Å². The van der Waals surface area contributed by atoms with Gasteiger partial charge in [0.15, 0.2) is 0 Å². The second-order valence-electron chi connectivity index (χ2n) is 3.70. The highest BCUT2D eigenvalue weighted by Crippen LogP contribution is 2.13. The van der Waals surface area contributed by atoms with Crippen molar-refractivity contribution in [3.63, 3.8) is 0 Å². The van der Waals surface area contributed by atoms with Crippen LogP contribution in [0.15, 0.2) is 58.1 Å². The van der Waals surface area contributed by atoms with Crippen LogP contribution < -0.4 is 5.43 Å². The van der Waals surface area contributed by atoms with Crippen LogP contribution in [-0.4, -0.2) is 12.1 Å². The summed E-state index contributed by atoms with van der Waals surface area (Å²) >= 11 is 3.36. The normalized spacial score (nSPS) is 10.6. The smallest absolute Gasteiger partial charge is 0.267 e. The number of benzene rings is 2. The lowest BCUT2D eigenvalue weighted by Crippen LogP contribution is -2.18. The number of halogens is 2. The number of hydrogen-bond acceptors (Lipinski definition) is 2. The van der Waals surface area contributed by atoms with Crippen molar-refractivity contribution >= 4 is 28.1 Å². The Morgan fingerprint density at radius 1 is 1.16 bits per heavy atom. The minimum absolute atomic E-state index is 0.0354. The van der Waals surface area contributed by atoms with Crippen molar-refractivity contribution in [2.75, 3.05) is 0 Å². The number of carbonyl (C=O) groups is 1. The number of rotatable bonds is 3. The van der Waals surface area contributed by atoms with E-state index in [1.165, 1.54) is 24.4 Å². The highest BCUT2D eigenvalue weighted by atomic mass is 79.9. The van der Waals surface area contributed by atoms with E-state index < -0.39 is 11.7 Å². The molecule has 0 saturated carbocycles. The van der Waals surface area contributed by atoms with E-state index in [1.54, 1.807) is 6.07 Å². The quantitative estimate of drug-likeness (QED) is 0.684. The number of nitrogens with one attached hydrogen (secondary N) is 1. The number of carbonyl (C=O) groups excluding carboxylic acids is 1. The summed E-state index contributed by atoms with van der Waals surface area (Å²) in [4.78, 5) is 11.7. The molecule has 2 aromatic carbocycles. The van der Waals surface area contributed by atoms with E-state index in [0.29, 0.717) is 0 Å². The molecule has 0 saturated heterocycles. The molecular weight excluding hydrogens is 311 g/mol. The molecule has 96 valence electrons. The summed E-state index contributed by atoms with van der Waals surface area (Å²) in [7, 11) is 0. The van der Waals surface area contributed by atoms with Crippen LogP contribution in [-0.2, 0) is 0 Å².